The van der Waals surface area contributed by atoms with Crippen LogP contribution in [0.15, 0.2) is 24.3 Å². The zero-order chi connectivity index (χ0) is 9.52. The van der Waals surface area contributed by atoms with Crippen LogP contribution in [-0.4, -0.2) is 5.33 Å². The summed E-state index contributed by atoms with van der Waals surface area (Å²) in [5.41, 5.74) is 1.39. The van der Waals surface area contributed by atoms with E-state index in [4.69, 9.17) is 11.6 Å². The van der Waals surface area contributed by atoms with Gasteiger partial charge in [-0.3, -0.25) is 0 Å². The Labute approximate surface area is 93.4 Å². The van der Waals surface area contributed by atoms with Crippen molar-refractivity contribution in [3.8, 4) is 0 Å². The fraction of sp³-hybridized carbons (Fsp3) is 0.455. The van der Waals surface area contributed by atoms with Crippen LogP contribution < -0.4 is 0 Å². The maximum atomic E-state index is 5.79. The predicted molar refractivity (Wildman–Crippen MR) is 62.8 cm³/mol. The Morgan fingerprint density at radius 2 is 1.69 bits per heavy atom. The molecular weight excluding hydrogens is 247 g/mol. The zero-order valence-electron chi connectivity index (χ0n) is 7.60. The number of aryl methyl sites for hydroxylation is 1. The number of unbranched alkanes of at least 4 members (excludes halogenated alkanes) is 2. The molecule has 2 heteroatoms. The van der Waals surface area contributed by atoms with Gasteiger partial charge in [-0.15, -0.1) is 0 Å². The Morgan fingerprint density at radius 3 is 2.31 bits per heavy atom. The van der Waals surface area contributed by atoms with Crippen LogP contribution >= 0.6 is 27.5 Å². The number of rotatable bonds is 5. The molecule has 13 heavy (non-hydrogen) atoms. The standard InChI is InChI=1S/C11H14BrCl/c12-9-3-1-2-4-10-5-7-11(13)8-6-10/h5-8H,1-4,9H2. The Bertz CT molecular complexity index is 230. The third kappa shape index (κ3) is 4.68. The summed E-state index contributed by atoms with van der Waals surface area (Å²) in [5.74, 6) is 0. The molecule has 0 spiro atoms. The van der Waals surface area contributed by atoms with Crippen molar-refractivity contribution in [2.45, 2.75) is 25.7 Å². The second-order valence-corrected chi connectivity index (χ2v) is 4.36. The van der Waals surface area contributed by atoms with Crippen molar-refractivity contribution in [3.05, 3.63) is 34.9 Å². The lowest BCUT2D eigenvalue weighted by Gasteiger charge is -2.00. The SMILES string of the molecule is Clc1ccc(CCCCCBr)cc1. The van der Waals surface area contributed by atoms with E-state index in [2.05, 4.69) is 28.1 Å². The highest BCUT2D eigenvalue weighted by Gasteiger charge is 1.93. The van der Waals surface area contributed by atoms with Crippen LogP contribution in [0.4, 0.5) is 0 Å². The summed E-state index contributed by atoms with van der Waals surface area (Å²) >= 11 is 9.22. The molecule has 0 fully saturated rings. The third-order valence-corrected chi connectivity index (χ3v) is 2.83. The van der Waals surface area contributed by atoms with E-state index >= 15 is 0 Å². The first-order valence-electron chi connectivity index (χ1n) is 4.63. The van der Waals surface area contributed by atoms with Gasteiger partial charge in [0.05, 0.1) is 0 Å². The first kappa shape index (κ1) is 11.1. The van der Waals surface area contributed by atoms with Gasteiger partial charge in [0.15, 0.2) is 0 Å². The van der Waals surface area contributed by atoms with E-state index in [1.54, 1.807) is 0 Å². The van der Waals surface area contributed by atoms with Crippen LogP contribution in [0.5, 0.6) is 0 Å². The van der Waals surface area contributed by atoms with Gasteiger partial charge in [0.25, 0.3) is 0 Å². The lowest BCUT2D eigenvalue weighted by Crippen LogP contribution is -1.85. The van der Waals surface area contributed by atoms with Gasteiger partial charge < -0.3 is 0 Å². The number of benzene rings is 1. The summed E-state index contributed by atoms with van der Waals surface area (Å²) in [7, 11) is 0. The minimum Gasteiger partial charge on any atom is -0.0928 e. The number of hydrogen-bond acceptors (Lipinski definition) is 0. The van der Waals surface area contributed by atoms with E-state index in [1.165, 1.54) is 31.2 Å². The first-order valence-corrected chi connectivity index (χ1v) is 6.13. The van der Waals surface area contributed by atoms with Gasteiger partial charge >= 0.3 is 0 Å². The maximum Gasteiger partial charge on any atom is 0.0406 e. The molecule has 1 aromatic rings. The molecule has 0 unspecified atom stereocenters. The lowest BCUT2D eigenvalue weighted by atomic mass is 10.1. The molecule has 0 aliphatic rings. The van der Waals surface area contributed by atoms with E-state index in [1.807, 2.05) is 12.1 Å². The Kier molecular flexibility index (Phi) is 5.49. The van der Waals surface area contributed by atoms with Gasteiger partial charge in [0.2, 0.25) is 0 Å². The molecule has 0 bridgehead atoms. The normalized spacial score (nSPS) is 10.3. The van der Waals surface area contributed by atoms with Crippen molar-refractivity contribution in [1.82, 2.24) is 0 Å². The topological polar surface area (TPSA) is 0 Å². The molecule has 0 saturated carbocycles. The van der Waals surface area contributed by atoms with Gasteiger partial charge in [-0.2, -0.15) is 0 Å². The van der Waals surface area contributed by atoms with Crippen molar-refractivity contribution in [2.75, 3.05) is 5.33 Å². The predicted octanol–water partition coefficient (Wildman–Crippen LogP) is 4.45. The summed E-state index contributed by atoms with van der Waals surface area (Å²) in [6.45, 7) is 0. The summed E-state index contributed by atoms with van der Waals surface area (Å²) in [4.78, 5) is 0. The first-order chi connectivity index (χ1) is 6.33. The zero-order valence-corrected chi connectivity index (χ0v) is 9.94. The van der Waals surface area contributed by atoms with Crippen LogP contribution in [0.2, 0.25) is 5.02 Å². The fourth-order valence-electron chi connectivity index (χ4n) is 1.25. The molecule has 0 nitrogen and oxygen atoms in total. The molecule has 0 aliphatic carbocycles. The largest absolute Gasteiger partial charge is 0.0928 e. The second kappa shape index (κ2) is 6.44. The van der Waals surface area contributed by atoms with Crippen molar-refractivity contribution >= 4 is 27.5 Å². The van der Waals surface area contributed by atoms with Crippen LogP contribution in [0.25, 0.3) is 0 Å². The van der Waals surface area contributed by atoms with E-state index in [9.17, 15) is 0 Å². The van der Waals surface area contributed by atoms with Crippen molar-refractivity contribution in [3.63, 3.8) is 0 Å². The minimum absolute atomic E-state index is 0.823. The van der Waals surface area contributed by atoms with E-state index < -0.39 is 0 Å². The van der Waals surface area contributed by atoms with Crippen molar-refractivity contribution in [2.24, 2.45) is 0 Å². The summed E-state index contributed by atoms with van der Waals surface area (Å²) in [5, 5.41) is 1.94. The van der Waals surface area contributed by atoms with Gasteiger partial charge in [0.1, 0.15) is 0 Å². The molecule has 1 rings (SSSR count). The molecule has 72 valence electrons. The van der Waals surface area contributed by atoms with Gasteiger partial charge in [-0.25, -0.2) is 0 Å². The maximum absolute atomic E-state index is 5.79. The quantitative estimate of drug-likeness (QED) is 0.543. The smallest absolute Gasteiger partial charge is 0.0406 e. The van der Waals surface area contributed by atoms with Crippen molar-refractivity contribution < 1.29 is 0 Å². The summed E-state index contributed by atoms with van der Waals surface area (Å²) in [6.07, 6.45) is 5.01. The molecule has 0 atom stereocenters. The van der Waals surface area contributed by atoms with Crippen LogP contribution in [0.1, 0.15) is 24.8 Å². The van der Waals surface area contributed by atoms with Gasteiger partial charge in [-0.1, -0.05) is 46.1 Å². The molecule has 0 heterocycles. The van der Waals surface area contributed by atoms with Gasteiger partial charge in [0, 0.05) is 10.4 Å². The summed E-state index contributed by atoms with van der Waals surface area (Å²) in [6, 6.07) is 8.13. The molecule has 0 amide bonds. The molecule has 0 aliphatic heterocycles. The molecule has 0 aromatic heterocycles. The van der Waals surface area contributed by atoms with E-state index in [-0.39, 0.29) is 0 Å². The monoisotopic (exact) mass is 260 g/mol. The number of alkyl halides is 1. The molecule has 0 radical (unpaired) electrons. The molecule has 0 N–H and O–H groups in total. The molecule has 1 aromatic carbocycles. The Morgan fingerprint density at radius 1 is 1.00 bits per heavy atom. The minimum atomic E-state index is 0.823. The van der Waals surface area contributed by atoms with Crippen molar-refractivity contribution in [1.29, 1.82) is 0 Å². The Balaban J connectivity index is 2.25. The fourth-order valence-corrected chi connectivity index (χ4v) is 1.77. The number of halogens is 2. The lowest BCUT2D eigenvalue weighted by molar-refractivity contribution is 0.724. The summed E-state index contributed by atoms with van der Waals surface area (Å²) < 4.78 is 0. The highest BCUT2D eigenvalue weighted by atomic mass is 79.9. The number of hydrogen-bond donors (Lipinski definition) is 0. The van der Waals surface area contributed by atoms with E-state index in [0.29, 0.717) is 0 Å². The molecule has 0 saturated heterocycles. The van der Waals surface area contributed by atoms with Crippen LogP contribution in [0, 0.1) is 0 Å². The Hall–Kier alpha value is -0.0100. The third-order valence-electron chi connectivity index (χ3n) is 2.01. The second-order valence-electron chi connectivity index (χ2n) is 3.13. The van der Waals surface area contributed by atoms with Crippen LogP contribution in [0.3, 0.4) is 0 Å². The van der Waals surface area contributed by atoms with Crippen LogP contribution in [-0.2, 0) is 6.42 Å². The van der Waals surface area contributed by atoms with Gasteiger partial charge in [-0.05, 0) is 37.0 Å². The van der Waals surface area contributed by atoms with E-state index in [0.717, 1.165) is 10.4 Å². The average Bonchev–Trinajstić information content (AvgIpc) is 2.15. The highest BCUT2D eigenvalue weighted by Crippen LogP contribution is 2.12. The highest BCUT2D eigenvalue weighted by molar-refractivity contribution is 9.09. The molecular formula is C11H14BrCl. The average molecular weight is 262 g/mol.